The molecule has 1 heterocycles. The van der Waals surface area contributed by atoms with Gasteiger partial charge in [-0.1, -0.05) is 18.9 Å². The number of aromatic hydroxyl groups is 1. The molecule has 3 rings (SSSR count). The Balaban J connectivity index is 1.75. The molecule has 0 radical (unpaired) electrons. The Hall–Kier alpha value is -3.31. The Morgan fingerprint density at radius 3 is 2.65 bits per heavy atom. The minimum absolute atomic E-state index is 0.0320. The van der Waals surface area contributed by atoms with Crippen molar-refractivity contribution in [1.29, 1.82) is 0 Å². The molecule has 1 aliphatic rings. The van der Waals surface area contributed by atoms with E-state index in [-0.39, 0.29) is 36.3 Å². The van der Waals surface area contributed by atoms with Crippen LogP contribution in [0.5, 0.6) is 5.75 Å². The van der Waals surface area contributed by atoms with E-state index in [1.807, 2.05) is 0 Å². The number of ether oxygens (including phenoxy) is 1. The van der Waals surface area contributed by atoms with Crippen molar-refractivity contribution in [2.75, 3.05) is 26.8 Å². The first kappa shape index (κ1) is 28.3. The molecule has 0 spiro atoms. The number of aromatic nitrogens is 1. The molecule has 2 aromatic rings. The number of carbonyl (C=O) groups is 2. The van der Waals surface area contributed by atoms with Crippen molar-refractivity contribution in [3.05, 3.63) is 63.1 Å². The minimum Gasteiger partial charge on any atom is -0.503 e. The van der Waals surface area contributed by atoms with Gasteiger partial charge in [0.25, 0.3) is 11.8 Å². The van der Waals surface area contributed by atoms with Gasteiger partial charge in [-0.25, -0.2) is 8.78 Å². The van der Waals surface area contributed by atoms with Crippen LogP contribution in [0.1, 0.15) is 59.0 Å². The molecule has 1 aromatic heterocycles. The fraction of sp³-hybridized carbons (Fsp3) is 0.500. The second-order valence-electron chi connectivity index (χ2n) is 9.09. The largest absolute Gasteiger partial charge is 0.503 e. The van der Waals surface area contributed by atoms with Crippen LogP contribution in [0.3, 0.4) is 0 Å². The van der Waals surface area contributed by atoms with Gasteiger partial charge >= 0.3 is 0 Å². The predicted molar refractivity (Wildman–Crippen MR) is 134 cm³/mol. The lowest BCUT2D eigenvalue weighted by molar-refractivity contribution is 0.0886. The number of rotatable bonds is 11. The lowest BCUT2D eigenvalue weighted by Crippen LogP contribution is -2.46. The third-order valence-electron chi connectivity index (χ3n) is 6.63. The van der Waals surface area contributed by atoms with Crippen LogP contribution < -0.4 is 21.4 Å². The molecular formula is C26H34F2N4O5. The zero-order valence-corrected chi connectivity index (χ0v) is 21.1. The lowest BCUT2D eigenvalue weighted by atomic mass is 9.84. The highest BCUT2D eigenvalue weighted by atomic mass is 19.1. The summed E-state index contributed by atoms with van der Waals surface area (Å²) in [6.07, 6.45) is 4.93. The van der Waals surface area contributed by atoms with Crippen molar-refractivity contribution in [3.63, 3.8) is 0 Å². The zero-order chi connectivity index (χ0) is 26.9. The highest BCUT2D eigenvalue weighted by Gasteiger charge is 2.30. The maximum absolute atomic E-state index is 13.9. The van der Waals surface area contributed by atoms with Gasteiger partial charge in [0, 0.05) is 57.2 Å². The summed E-state index contributed by atoms with van der Waals surface area (Å²) in [7, 11) is 1.63. The molecule has 0 saturated heterocycles. The molecule has 2 atom stereocenters. The van der Waals surface area contributed by atoms with Crippen LogP contribution in [-0.2, 0) is 17.8 Å². The average molecular weight is 521 g/mol. The van der Waals surface area contributed by atoms with Crippen molar-refractivity contribution < 1.29 is 28.2 Å². The third-order valence-corrected chi connectivity index (χ3v) is 6.63. The zero-order valence-electron chi connectivity index (χ0n) is 21.1. The molecule has 2 amide bonds. The summed E-state index contributed by atoms with van der Waals surface area (Å²) in [5, 5.41) is 19.4. The molecule has 1 aliphatic carbocycles. The molecule has 0 bridgehead atoms. The molecule has 9 nitrogen and oxygen atoms in total. The van der Waals surface area contributed by atoms with E-state index in [1.54, 1.807) is 14.0 Å². The van der Waals surface area contributed by atoms with Gasteiger partial charge in [-0.3, -0.25) is 14.4 Å². The van der Waals surface area contributed by atoms with Gasteiger partial charge in [0.15, 0.2) is 11.4 Å². The van der Waals surface area contributed by atoms with Crippen LogP contribution in [0.25, 0.3) is 0 Å². The molecule has 1 saturated carbocycles. The summed E-state index contributed by atoms with van der Waals surface area (Å²) in [6.45, 7) is 3.60. The van der Waals surface area contributed by atoms with E-state index in [0.29, 0.717) is 25.8 Å². The summed E-state index contributed by atoms with van der Waals surface area (Å²) in [5.74, 6) is -3.67. The van der Waals surface area contributed by atoms with E-state index in [2.05, 4.69) is 16.0 Å². The Morgan fingerprint density at radius 2 is 1.95 bits per heavy atom. The molecule has 202 valence electrons. The molecule has 1 fully saturated rings. The van der Waals surface area contributed by atoms with Crippen molar-refractivity contribution in [2.45, 2.75) is 51.7 Å². The maximum Gasteiger partial charge on any atom is 0.272 e. The smallest absolute Gasteiger partial charge is 0.272 e. The van der Waals surface area contributed by atoms with E-state index in [0.717, 1.165) is 31.7 Å². The number of carbonyl (C=O) groups excluding carboxylic acids is 2. The molecular weight excluding hydrogens is 486 g/mol. The summed E-state index contributed by atoms with van der Waals surface area (Å²) in [6, 6.07) is 2.80. The Labute approximate surface area is 214 Å². The molecule has 11 heteroatoms. The van der Waals surface area contributed by atoms with Gasteiger partial charge in [0.2, 0.25) is 5.43 Å². The third kappa shape index (κ3) is 7.14. The SMILES string of the molecule is CCn1cc(C(=O)NCc2ccc(F)cc2F)c(=O)c(O)c1C(=O)N[C@H]1CCCC[C@H]1CNCCOC. The van der Waals surface area contributed by atoms with Crippen LogP contribution in [0.15, 0.2) is 29.2 Å². The number of halogens is 2. The first-order valence-electron chi connectivity index (χ1n) is 12.5. The van der Waals surface area contributed by atoms with Gasteiger partial charge in [-0.15, -0.1) is 0 Å². The monoisotopic (exact) mass is 520 g/mol. The van der Waals surface area contributed by atoms with Crippen molar-refractivity contribution in [1.82, 2.24) is 20.5 Å². The summed E-state index contributed by atoms with van der Waals surface area (Å²) >= 11 is 0. The Bertz CT molecular complexity index is 1170. The van der Waals surface area contributed by atoms with Crippen LogP contribution >= 0.6 is 0 Å². The van der Waals surface area contributed by atoms with E-state index in [9.17, 15) is 28.3 Å². The van der Waals surface area contributed by atoms with E-state index in [4.69, 9.17) is 4.74 Å². The number of nitrogens with one attached hydrogen (secondary N) is 3. The van der Waals surface area contributed by atoms with Crippen LogP contribution in [0, 0.1) is 17.6 Å². The number of pyridine rings is 1. The van der Waals surface area contributed by atoms with E-state index < -0.39 is 40.2 Å². The van der Waals surface area contributed by atoms with Crippen LogP contribution in [0.4, 0.5) is 8.78 Å². The molecule has 37 heavy (non-hydrogen) atoms. The second kappa shape index (κ2) is 13.3. The summed E-state index contributed by atoms with van der Waals surface area (Å²) < 4.78 is 33.4. The normalized spacial score (nSPS) is 17.4. The standard InChI is InChI=1S/C26H34F2N4O5/c1-3-32-15-19(25(35)30-14-16-8-9-18(27)12-20(16)28)23(33)24(34)22(32)26(36)31-21-7-5-4-6-17(21)13-29-10-11-37-2/h8-9,12,15,17,21,29,34H,3-7,10-11,13-14H2,1-2H3,(H,30,35)(H,31,36)/t17-,21-/m0/s1. The average Bonchev–Trinajstić information content (AvgIpc) is 2.88. The van der Waals surface area contributed by atoms with Crippen molar-refractivity contribution in [2.24, 2.45) is 5.92 Å². The number of hydrogen-bond acceptors (Lipinski definition) is 6. The Morgan fingerprint density at radius 1 is 1.19 bits per heavy atom. The molecule has 4 N–H and O–H groups in total. The van der Waals surface area contributed by atoms with Crippen molar-refractivity contribution >= 4 is 11.8 Å². The highest BCUT2D eigenvalue weighted by Crippen LogP contribution is 2.25. The molecule has 0 aliphatic heterocycles. The lowest BCUT2D eigenvalue weighted by Gasteiger charge is -2.32. The quantitative estimate of drug-likeness (QED) is 0.338. The number of hydrogen-bond donors (Lipinski definition) is 4. The first-order valence-corrected chi connectivity index (χ1v) is 12.5. The molecule has 0 unspecified atom stereocenters. The Kier molecular flexibility index (Phi) is 10.2. The minimum atomic E-state index is -1.01. The summed E-state index contributed by atoms with van der Waals surface area (Å²) in [5.41, 5.74) is -1.58. The number of amides is 2. The van der Waals surface area contributed by atoms with Gasteiger partial charge in [0.05, 0.1) is 6.61 Å². The van der Waals surface area contributed by atoms with E-state index >= 15 is 0 Å². The first-order chi connectivity index (χ1) is 17.8. The number of methoxy groups -OCH3 is 1. The van der Waals surface area contributed by atoms with Gasteiger partial charge in [-0.2, -0.15) is 0 Å². The topological polar surface area (TPSA) is 122 Å². The summed E-state index contributed by atoms with van der Waals surface area (Å²) in [4.78, 5) is 38.7. The van der Waals surface area contributed by atoms with Crippen LogP contribution in [0.2, 0.25) is 0 Å². The number of aryl methyl sites for hydroxylation is 1. The van der Waals surface area contributed by atoms with Gasteiger partial charge < -0.3 is 30.4 Å². The second-order valence-corrected chi connectivity index (χ2v) is 9.09. The van der Waals surface area contributed by atoms with Gasteiger partial charge in [0.1, 0.15) is 17.2 Å². The fourth-order valence-corrected chi connectivity index (χ4v) is 4.58. The maximum atomic E-state index is 13.9. The number of nitrogens with zero attached hydrogens (tertiary/aromatic N) is 1. The highest BCUT2D eigenvalue weighted by molar-refractivity contribution is 5.98. The number of benzene rings is 1. The fourth-order valence-electron chi connectivity index (χ4n) is 4.58. The predicted octanol–water partition coefficient (Wildman–Crippen LogP) is 2.31. The van der Waals surface area contributed by atoms with Crippen molar-refractivity contribution in [3.8, 4) is 5.75 Å². The van der Waals surface area contributed by atoms with Gasteiger partial charge in [-0.05, 0) is 31.7 Å². The molecule has 1 aromatic carbocycles. The van der Waals surface area contributed by atoms with Crippen LogP contribution in [-0.4, -0.2) is 54.3 Å². The van der Waals surface area contributed by atoms with E-state index in [1.165, 1.54) is 16.8 Å².